The number of pyridine rings is 1. The summed E-state index contributed by atoms with van der Waals surface area (Å²) >= 11 is 0. The molecule has 0 amide bonds. The van der Waals surface area contributed by atoms with Crippen LogP contribution in [0.3, 0.4) is 0 Å². The number of hydrogen-bond acceptors (Lipinski definition) is 7. The Bertz CT molecular complexity index is 1420. The molecule has 5 rings (SSSR count). The molecule has 37 heavy (non-hydrogen) atoms. The van der Waals surface area contributed by atoms with Gasteiger partial charge in [-0.05, 0) is 80.0 Å². The fraction of sp³-hybridized carbons (Fsp3) is 0.370. The van der Waals surface area contributed by atoms with E-state index < -0.39 is 23.3 Å². The molecule has 1 saturated carbocycles. The monoisotopic (exact) mass is 508 g/mol. The van der Waals surface area contributed by atoms with Crippen LogP contribution in [0.4, 0.5) is 20.4 Å². The summed E-state index contributed by atoms with van der Waals surface area (Å²) in [6, 6.07) is 7.04. The number of benzene rings is 1. The normalized spacial score (nSPS) is 22.4. The van der Waals surface area contributed by atoms with Crippen molar-refractivity contribution in [3.63, 3.8) is 0 Å². The summed E-state index contributed by atoms with van der Waals surface area (Å²) in [7, 11) is 0. The minimum absolute atomic E-state index is 0.0545. The first-order chi connectivity index (χ1) is 17.5. The van der Waals surface area contributed by atoms with Gasteiger partial charge in [-0.2, -0.15) is 9.61 Å². The van der Waals surface area contributed by atoms with Crippen LogP contribution >= 0.6 is 0 Å². The van der Waals surface area contributed by atoms with Crippen molar-refractivity contribution in [2.75, 3.05) is 5.32 Å². The predicted molar refractivity (Wildman–Crippen MR) is 136 cm³/mol. The second-order valence-corrected chi connectivity index (χ2v) is 10.4. The van der Waals surface area contributed by atoms with Crippen LogP contribution in [0.1, 0.15) is 50.7 Å². The molecule has 8 nitrogen and oxygen atoms in total. The molecule has 10 heteroatoms. The van der Waals surface area contributed by atoms with Crippen LogP contribution in [-0.4, -0.2) is 41.9 Å². The van der Waals surface area contributed by atoms with Crippen LogP contribution in [-0.2, 0) is 5.60 Å². The van der Waals surface area contributed by atoms with Crippen LogP contribution in [0.5, 0.6) is 0 Å². The summed E-state index contributed by atoms with van der Waals surface area (Å²) in [6.07, 6.45) is 5.88. The average molecular weight is 509 g/mol. The highest BCUT2D eigenvalue weighted by atomic mass is 19.1. The molecule has 1 aliphatic carbocycles. The molecule has 0 spiro atoms. The number of rotatable bonds is 5. The third-order valence-electron chi connectivity index (χ3n) is 7.16. The number of hydrogen-bond donors (Lipinski definition) is 4. The average Bonchev–Trinajstić information content (AvgIpc) is 3.23. The lowest BCUT2D eigenvalue weighted by Gasteiger charge is -2.36. The number of halogens is 2. The van der Waals surface area contributed by atoms with E-state index in [1.165, 1.54) is 24.4 Å². The van der Waals surface area contributed by atoms with Crippen LogP contribution in [0.15, 0.2) is 48.9 Å². The molecule has 0 bridgehead atoms. The third kappa shape index (κ3) is 4.79. The molecule has 0 unspecified atom stereocenters. The lowest BCUT2D eigenvalue weighted by Crippen LogP contribution is -2.44. The van der Waals surface area contributed by atoms with Crippen LogP contribution in [0.2, 0.25) is 0 Å². The maximum absolute atomic E-state index is 15.0. The minimum atomic E-state index is -1.39. The zero-order valence-electron chi connectivity index (χ0n) is 20.9. The van der Waals surface area contributed by atoms with Gasteiger partial charge in [0.1, 0.15) is 11.6 Å². The molecule has 1 fully saturated rings. The van der Waals surface area contributed by atoms with Crippen LogP contribution < -0.4 is 11.1 Å². The van der Waals surface area contributed by atoms with Gasteiger partial charge in [0.15, 0.2) is 0 Å². The molecule has 1 aliphatic rings. The number of nitrogens with zero attached hydrogens (tertiary/aromatic N) is 4. The van der Waals surface area contributed by atoms with E-state index in [2.05, 4.69) is 20.4 Å². The van der Waals surface area contributed by atoms with Crippen molar-refractivity contribution in [2.24, 2.45) is 11.7 Å². The number of aliphatic hydroxyl groups is 2. The number of aromatic nitrogens is 4. The summed E-state index contributed by atoms with van der Waals surface area (Å²) in [6.45, 7) is 4.92. The van der Waals surface area contributed by atoms with Gasteiger partial charge in [-0.1, -0.05) is 6.92 Å². The Morgan fingerprint density at radius 3 is 2.51 bits per heavy atom. The van der Waals surface area contributed by atoms with Gasteiger partial charge in [-0.25, -0.2) is 13.8 Å². The van der Waals surface area contributed by atoms with Crippen LogP contribution in [0.25, 0.3) is 16.8 Å². The molecule has 0 aliphatic heterocycles. The summed E-state index contributed by atoms with van der Waals surface area (Å²) in [5.74, 6) is -1.12. The van der Waals surface area contributed by atoms with Gasteiger partial charge in [0, 0.05) is 12.2 Å². The number of nitrogens with one attached hydrogen (secondary N) is 1. The molecular weight excluding hydrogens is 478 g/mol. The highest BCUT2D eigenvalue weighted by Gasteiger charge is 2.34. The Kier molecular flexibility index (Phi) is 6.43. The molecule has 5 N–H and O–H groups in total. The quantitative estimate of drug-likeness (QED) is 0.318. The molecule has 3 aromatic heterocycles. The Morgan fingerprint density at radius 1 is 1.11 bits per heavy atom. The first-order valence-electron chi connectivity index (χ1n) is 12.2. The van der Waals surface area contributed by atoms with Crippen molar-refractivity contribution in [3.05, 3.63) is 71.7 Å². The van der Waals surface area contributed by atoms with E-state index in [9.17, 15) is 19.0 Å². The SMILES string of the molecule is C[C@H]1C[C@@H](c2ccncc2Nc2ncc3ccc(-c4c(F)cc(C(C)(C)O)cc4F)nn23)C[C@@H](N)[C@H]1O. The summed E-state index contributed by atoms with van der Waals surface area (Å²) < 4.78 is 31.4. The van der Waals surface area contributed by atoms with E-state index in [0.29, 0.717) is 17.9 Å². The van der Waals surface area contributed by atoms with Crippen molar-refractivity contribution < 1.29 is 19.0 Å². The smallest absolute Gasteiger partial charge is 0.229 e. The molecule has 3 heterocycles. The van der Waals surface area contributed by atoms with Crippen molar-refractivity contribution in [1.29, 1.82) is 0 Å². The molecule has 4 atom stereocenters. The topological polar surface area (TPSA) is 122 Å². The highest BCUT2D eigenvalue weighted by Crippen LogP contribution is 2.39. The molecule has 4 aromatic rings. The number of imidazole rings is 1. The first kappa shape index (κ1) is 25.2. The molecule has 0 saturated heterocycles. The molecule has 0 radical (unpaired) electrons. The Hall–Kier alpha value is -3.47. The van der Waals surface area contributed by atoms with Gasteiger partial charge < -0.3 is 21.3 Å². The fourth-order valence-corrected chi connectivity index (χ4v) is 5.09. The first-order valence-corrected chi connectivity index (χ1v) is 12.2. The second kappa shape index (κ2) is 9.44. The van der Waals surface area contributed by atoms with E-state index in [1.807, 2.05) is 13.0 Å². The van der Waals surface area contributed by atoms with Gasteiger partial charge >= 0.3 is 0 Å². The fourth-order valence-electron chi connectivity index (χ4n) is 5.09. The predicted octanol–water partition coefficient (Wildman–Crippen LogP) is 4.24. The maximum atomic E-state index is 15.0. The Labute approximate surface area is 213 Å². The maximum Gasteiger partial charge on any atom is 0.229 e. The van der Waals surface area contributed by atoms with E-state index in [-0.39, 0.29) is 34.7 Å². The Morgan fingerprint density at radius 2 is 1.84 bits per heavy atom. The standard InChI is InChI=1S/C27H30F2N6O2/c1-14-8-15(9-21(30)25(14)36)18-6-7-31-13-23(18)33-26-32-12-17-4-5-22(34-35(17)26)24-19(28)10-16(11-20(24)29)27(2,3)37/h4-7,10-15,21,25,36-37H,8-9,30H2,1-3H3,(H,32,33)/t14-,15+,21+,25-/m0/s1. The minimum Gasteiger partial charge on any atom is -0.391 e. The number of nitrogens with two attached hydrogens (primary N) is 1. The zero-order valence-corrected chi connectivity index (χ0v) is 20.9. The van der Waals surface area contributed by atoms with Crippen molar-refractivity contribution in [1.82, 2.24) is 19.6 Å². The highest BCUT2D eigenvalue weighted by molar-refractivity contribution is 5.66. The zero-order chi connectivity index (χ0) is 26.5. The third-order valence-corrected chi connectivity index (χ3v) is 7.16. The molecule has 1 aromatic carbocycles. The lowest BCUT2D eigenvalue weighted by molar-refractivity contribution is 0.0521. The van der Waals surface area contributed by atoms with Gasteiger partial charge in [0.25, 0.3) is 0 Å². The van der Waals surface area contributed by atoms with Crippen LogP contribution in [0, 0.1) is 17.6 Å². The Balaban J connectivity index is 1.50. The largest absolute Gasteiger partial charge is 0.391 e. The van der Waals surface area contributed by atoms with E-state index in [0.717, 1.165) is 29.8 Å². The summed E-state index contributed by atoms with van der Waals surface area (Å²) in [5.41, 5.74) is 7.07. The van der Waals surface area contributed by atoms with E-state index in [1.54, 1.807) is 24.7 Å². The second-order valence-electron chi connectivity index (χ2n) is 10.4. The molecular formula is C27H30F2N6O2. The van der Waals surface area contributed by atoms with Crippen molar-refractivity contribution in [3.8, 4) is 11.3 Å². The van der Waals surface area contributed by atoms with Crippen molar-refractivity contribution in [2.45, 2.75) is 57.3 Å². The van der Waals surface area contributed by atoms with Crippen molar-refractivity contribution >= 4 is 17.2 Å². The summed E-state index contributed by atoms with van der Waals surface area (Å²) in [4.78, 5) is 8.67. The van der Waals surface area contributed by atoms with E-state index in [4.69, 9.17) is 5.73 Å². The van der Waals surface area contributed by atoms with Gasteiger partial charge in [-0.3, -0.25) is 4.98 Å². The number of fused-ring (bicyclic) bond motifs is 1. The van der Waals surface area contributed by atoms with Gasteiger partial charge in [0.05, 0.1) is 46.6 Å². The lowest BCUT2D eigenvalue weighted by atomic mass is 9.74. The van der Waals surface area contributed by atoms with Gasteiger partial charge in [-0.15, -0.1) is 0 Å². The van der Waals surface area contributed by atoms with Gasteiger partial charge in [0.2, 0.25) is 5.95 Å². The van der Waals surface area contributed by atoms with E-state index >= 15 is 0 Å². The molecule has 194 valence electrons. The number of aliphatic hydroxyl groups excluding tert-OH is 1. The summed E-state index contributed by atoms with van der Waals surface area (Å²) in [5, 5.41) is 28.2. The number of anilines is 2.